The number of alkyl carbamates (subject to hydrolysis) is 1. The molecule has 0 saturated heterocycles. The molecule has 2 unspecified atom stereocenters. The quantitative estimate of drug-likeness (QED) is 0.650. The van der Waals surface area contributed by atoms with Crippen molar-refractivity contribution < 1.29 is 19.7 Å². The van der Waals surface area contributed by atoms with Gasteiger partial charge in [0.1, 0.15) is 11.7 Å². The van der Waals surface area contributed by atoms with E-state index in [1.54, 1.807) is 33.8 Å². The second kappa shape index (κ2) is 7.42. The van der Waals surface area contributed by atoms with E-state index in [9.17, 15) is 15.0 Å². The summed E-state index contributed by atoms with van der Waals surface area (Å²) in [6.07, 6.45) is -1.07. The molecule has 1 aromatic heterocycles. The van der Waals surface area contributed by atoms with Gasteiger partial charge in [-0.1, -0.05) is 0 Å². The van der Waals surface area contributed by atoms with Crippen LogP contribution in [0.4, 0.5) is 10.5 Å². The summed E-state index contributed by atoms with van der Waals surface area (Å²) in [7, 11) is 0. The van der Waals surface area contributed by atoms with Crippen LogP contribution in [0.25, 0.3) is 0 Å². The van der Waals surface area contributed by atoms with E-state index >= 15 is 0 Å². The maximum atomic E-state index is 11.5. The number of hydrogen-bond donors (Lipinski definition) is 4. The minimum absolute atomic E-state index is 0.175. The first-order chi connectivity index (χ1) is 10.1. The van der Waals surface area contributed by atoms with Gasteiger partial charge in [-0.2, -0.15) is 0 Å². The molecule has 1 heterocycles. The number of carbonyl (C=O) groups is 1. The predicted octanol–water partition coefficient (Wildman–Crippen LogP) is 1.28. The number of nitrogen functional groups attached to an aromatic ring is 1. The Balaban J connectivity index is 2.46. The van der Waals surface area contributed by atoms with Crippen LogP contribution in [0.2, 0.25) is 0 Å². The molecule has 5 N–H and O–H groups in total. The van der Waals surface area contributed by atoms with E-state index in [0.717, 1.165) is 0 Å². The number of aliphatic hydroxyl groups excluding tert-OH is 2. The summed E-state index contributed by atoms with van der Waals surface area (Å²) < 4.78 is 5.07. The van der Waals surface area contributed by atoms with E-state index < -0.39 is 23.9 Å². The molecule has 0 aliphatic rings. The monoisotopic (exact) mass is 311 g/mol. The summed E-state index contributed by atoms with van der Waals surface area (Å²) >= 11 is 0. The Labute approximate surface area is 130 Å². The van der Waals surface area contributed by atoms with Crippen LogP contribution in [0.5, 0.6) is 0 Å². The summed E-state index contributed by atoms with van der Waals surface area (Å²) in [5.74, 6) is 0. The molecule has 1 aromatic rings. The largest absolute Gasteiger partial charge is 0.444 e. The molecule has 7 nitrogen and oxygen atoms in total. The van der Waals surface area contributed by atoms with E-state index in [2.05, 4.69) is 10.3 Å². The van der Waals surface area contributed by atoms with Crippen molar-refractivity contribution in [2.75, 3.05) is 12.3 Å². The Bertz CT molecular complexity index is 514. The number of aliphatic hydroxyl groups is 2. The van der Waals surface area contributed by atoms with Gasteiger partial charge in [0.15, 0.2) is 0 Å². The Kier molecular flexibility index (Phi) is 6.13. The van der Waals surface area contributed by atoms with Gasteiger partial charge >= 0.3 is 6.09 Å². The third-order valence-corrected chi connectivity index (χ3v) is 2.96. The first-order valence-corrected chi connectivity index (χ1v) is 7.15. The number of ether oxygens (including phenoxy) is 1. The van der Waals surface area contributed by atoms with Crippen LogP contribution >= 0.6 is 0 Å². The van der Waals surface area contributed by atoms with Crippen LogP contribution < -0.4 is 11.1 Å². The molecule has 0 aliphatic carbocycles. The van der Waals surface area contributed by atoms with Crippen LogP contribution in [-0.2, 0) is 4.74 Å². The van der Waals surface area contributed by atoms with Crippen molar-refractivity contribution in [3.8, 4) is 0 Å². The van der Waals surface area contributed by atoms with E-state index in [1.807, 2.05) is 0 Å². The van der Waals surface area contributed by atoms with Gasteiger partial charge in [0.2, 0.25) is 0 Å². The average molecular weight is 311 g/mol. The molecule has 0 bridgehead atoms. The van der Waals surface area contributed by atoms with Gasteiger partial charge < -0.3 is 26.0 Å². The van der Waals surface area contributed by atoms with E-state index in [-0.39, 0.29) is 13.0 Å². The molecule has 1 rings (SSSR count). The lowest BCUT2D eigenvalue weighted by atomic mass is 10.0. The fourth-order valence-electron chi connectivity index (χ4n) is 1.75. The van der Waals surface area contributed by atoms with Crippen LogP contribution in [-0.4, -0.2) is 39.5 Å². The molecule has 0 radical (unpaired) electrons. The summed E-state index contributed by atoms with van der Waals surface area (Å²) in [6.45, 7) is 7.23. The SMILES string of the molecule is Cc1ncc(C(O)C(O)CCNC(=O)OC(C)(C)C)cc1N. The summed E-state index contributed by atoms with van der Waals surface area (Å²) in [4.78, 5) is 15.5. The van der Waals surface area contributed by atoms with Crippen LogP contribution in [0.15, 0.2) is 12.3 Å². The molecule has 124 valence electrons. The van der Waals surface area contributed by atoms with Crippen molar-refractivity contribution in [1.29, 1.82) is 0 Å². The van der Waals surface area contributed by atoms with Crippen molar-refractivity contribution in [2.45, 2.75) is 51.9 Å². The average Bonchev–Trinajstić information content (AvgIpc) is 2.38. The molecule has 0 fully saturated rings. The van der Waals surface area contributed by atoms with Crippen molar-refractivity contribution >= 4 is 11.8 Å². The Morgan fingerprint density at radius 3 is 2.64 bits per heavy atom. The van der Waals surface area contributed by atoms with Gasteiger partial charge in [0, 0.05) is 18.3 Å². The van der Waals surface area contributed by atoms with Crippen molar-refractivity contribution in [1.82, 2.24) is 10.3 Å². The third kappa shape index (κ3) is 5.87. The lowest BCUT2D eigenvalue weighted by molar-refractivity contribution is 0.0121. The number of aromatic nitrogens is 1. The standard InChI is InChI=1S/C15H25N3O4/c1-9-11(16)7-10(8-18-9)13(20)12(19)5-6-17-14(21)22-15(2,3)4/h7-8,12-13,19-20H,5-6,16H2,1-4H3,(H,17,21). The maximum Gasteiger partial charge on any atom is 0.407 e. The van der Waals surface area contributed by atoms with Gasteiger partial charge in [0.05, 0.1) is 17.5 Å². The molecule has 7 heteroatoms. The fraction of sp³-hybridized carbons (Fsp3) is 0.600. The number of aryl methyl sites for hydroxylation is 1. The minimum Gasteiger partial charge on any atom is -0.444 e. The number of hydrogen-bond acceptors (Lipinski definition) is 6. The van der Waals surface area contributed by atoms with Gasteiger partial charge in [-0.25, -0.2) is 4.79 Å². The normalized spacial score (nSPS) is 14.3. The summed E-state index contributed by atoms with van der Waals surface area (Å²) in [5.41, 5.74) is 6.71. The summed E-state index contributed by atoms with van der Waals surface area (Å²) in [6, 6.07) is 1.58. The van der Waals surface area contributed by atoms with Gasteiger partial charge in [-0.3, -0.25) is 4.98 Å². The fourth-order valence-corrected chi connectivity index (χ4v) is 1.75. The zero-order valence-corrected chi connectivity index (χ0v) is 13.5. The Morgan fingerprint density at radius 1 is 1.45 bits per heavy atom. The third-order valence-electron chi connectivity index (χ3n) is 2.96. The number of anilines is 1. The number of nitrogens with one attached hydrogen (secondary N) is 1. The van der Waals surface area contributed by atoms with E-state index in [4.69, 9.17) is 10.5 Å². The highest BCUT2D eigenvalue weighted by atomic mass is 16.6. The number of amides is 1. The van der Waals surface area contributed by atoms with Crippen LogP contribution in [0.3, 0.4) is 0 Å². The highest BCUT2D eigenvalue weighted by molar-refractivity contribution is 5.67. The van der Waals surface area contributed by atoms with E-state index in [0.29, 0.717) is 16.9 Å². The molecular formula is C15H25N3O4. The van der Waals surface area contributed by atoms with Crippen molar-refractivity contribution in [3.63, 3.8) is 0 Å². The van der Waals surface area contributed by atoms with Crippen molar-refractivity contribution in [2.24, 2.45) is 0 Å². The second-order valence-corrected chi connectivity index (χ2v) is 6.17. The second-order valence-electron chi connectivity index (χ2n) is 6.17. The lowest BCUT2D eigenvalue weighted by Gasteiger charge is -2.21. The molecule has 2 atom stereocenters. The van der Waals surface area contributed by atoms with Crippen LogP contribution in [0, 0.1) is 6.92 Å². The van der Waals surface area contributed by atoms with Gasteiger partial charge in [-0.05, 0) is 40.2 Å². The Morgan fingerprint density at radius 2 is 2.09 bits per heavy atom. The van der Waals surface area contributed by atoms with E-state index in [1.165, 1.54) is 6.20 Å². The molecule has 0 saturated carbocycles. The number of nitrogens with zero attached hydrogens (tertiary/aromatic N) is 1. The maximum absolute atomic E-state index is 11.5. The Hall–Kier alpha value is -1.86. The smallest absolute Gasteiger partial charge is 0.407 e. The predicted molar refractivity (Wildman–Crippen MR) is 83.2 cm³/mol. The lowest BCUT2D eigenvalue weighted by Crippen LogP contribution is -2.34. The molecular weight excluding hydrogens is 286 g/mol. The molecule has 0 aromatic carbocycles. The number of pyridine rings is 1. The number of rotatable bonds is 5. The molecule has 0 spiro atoms. The van der Waals surface area contributed by atoms with Crippen LogP contribution in [0.1, 0.15) is 44.6 Å². The highest BCUT2D eigenvalue weighted by Crippen LogP contribution is 2.21. The molecule has 1 amide bonds. The number of carbonyl (C=O) groups excluding carboxylic acids is 1. The molecule has 0 aliphatic heterocycles. The summed E-state index contributed by atoms with van der Waals surface area (Å²) in [5, 5.41) is 22.6. The zero-order valence-electron chi connectivity index (χ0n) is 13.5. The van der Waals surface area contributed by atoms with Gasteiger partial charge in [0.25, 0.3) is 0 Å². The van der Waals surface area contributed by atoms with Gasteiger partial charge in [-0.15, -0.1) is 0 Å². The zero-order chi connectivity index (χ0) is 16.9. The van der Waals surface area contributed by atoms with Crippen molar-refractivity contribution in [3.05, 3.63) is 23.5 Å². The first kappa shape index (κ1) is 18.2. The molecule has 22 heavy (non-hydrogen) atoms. The topological polar surface area (TPSA) is 118 Å². The first-order valence-electron chi connectivity index (χ1n) is 7.15. The number of nitrogens with two attached hydrogens (primary N) is 1. The minimum atomic E-state index is -1.11. The highest BCUT2D eigenvalue weighted by Gasteiger charge is 2.20.